The number of benzene rings is 1. The summed E-state index contributed by atoms with van der Waals surface area (Å²) >= 11 is 0. The monoisotopic (exact) mass is 296 g/mol. The first kappa shape index (κ1) is 14.1. The van der Waals surface area contributed by atoms with Gasteiger partial charge >= 0.3 is 0 Å². The molecule has 2 aromatic rings. The fourth-order valence-electron chi connectivity index (χ4n) is 2.60. The molecular formula is C16H16N4O2. The average molecular weight is 296 g/mol. The number of carbonyl (C=O) groups is 1. The zero-order valence-electron chi connectivity index (χ0n) is 12.0. The minimum absolute atomic E-state index is 0.0544. The van der Waals surface area contributed by atoms with E-state index in [4.69, 9.17) is 15.7 Å². The molecule has 6 nitrogen and oxygen atoms in total. The number of ether oxygens (including phenoxy) is 1. The van der Waals surface area contributed by atoms with Crippen LogP contribution in [-0.4, -0.2) is 21.8 Å². The summed E-state index contributed by atoms with van der Waals surface area (Å²) in [5.41, 5.74) is 6.36. The Kier molecular flexibility index (Phi) is 3.79. The summed E-state index contributed by atoms with van der Waals surface area (Å²) in [6, 6.07) is 8.80. The summed E-state index contributed by atoms with van der Waals surface area (Å²) in [6.07, 6.45) is 6.15. The molecule has 0 bridgehead atoms. The SMILES string of the molecule is N#Cc1cnn(C(=O)c2ccc(OC3CCCC3)cc2)c1N. The van der Waals surface area contributed by atoms with Gasteiger partial charge in [-0.25, -0.2) is 0 Å². The second-order valence-corrected chi connectivity index (χ2v) is 5.32. The van der Waals surface area contributed by atoms with Gasteiger partial charge in [0, 0.05) is 5.56 Å². The van der Waals surface area contributed by atoms with Crippen molar-refractivity contribution in [3.63, 3.8) is 0 Å². The molecule has 1 aromatic carbocycles. The number of carbonyl (C=O) groups excluding carboxylic acids is 1. The van der Waals surface area contributed by atoms with E-state index in [-0.39, 0.29) is 23.4 Å². The molecule has 1 fully saturated rings. The molecule has 1 saturated carbocycles. The molecule has 0 radical (unpaired) electrons. The zero-order chi connectivity index (χ0) is 15.5. The standard InChI is InChI=1S/C16H16N4O2/c17-9-12-10-19-20(15(12)18)16(21)11-5-7-14(8-6-11)22-13-3-1-2-4-13/h5-8,10,13H,1-4,18H2. The van der Waals surface area contributed by atoms with E-state index in [1.165, 1.54) is 19.0 Å². The van der Waals surface area contributed by atoms with Crippen LogP contribution in [0.1, 0.15) is 41.6 Å². The minimum Gasteiger partial charge on any atom is -0.490 e. The van der Waals surface area contributed by atoms with E-state index in [2.05, 4.69) is 5.10 Å². The van der Waals surface area contributed by atoms with Gasteiger partial charge in [0.1, 0.15) is 23.2 Å². The van der Waals surface area contributed by atoms with Crippen molar-refractivity contribution in [3.8, 4) is 11.8 Å². The van der Waals surface area contributed by atoms with Crippen LogP contribution >= 0.6 is 0 Å². The molecule has 2 N–H and O–H groups in total. The first-order valence-corrected chi connectivity index (χ1v) is 7.24. The number of nitriles is 1. The summed E-state index contributed by atoms with van der Waals surface area (Å²) in [4.78, 5) is 12.3. The lowest BCUT2D eigenvalue weighted by Gasteiger charge is -2.13. The minimum atomic E-state index is -0.369. The smallest absolute Gasteiger partial charge is 0.280 e. The number of nitrogens with zero attached hydrogens (tertiary/aromatic N) is 3. The van der Waals surface area contributed by atoms with Crippen LogP contribution in [0.3, 0.4) is 0 Å². The number of aromatic nitrogens is 2. The third-order valence-corrected chi connectivity index (χ3v) is 3.83. The van der Waals surface area contributed by atoms with Crippen LogP contribution in [0.5, 0.6) is 5.75 Å². The van der Waals surface area contributed by atoms with E-state index in [1.807, 2.05) is 6.07 Å². The fraction of sp³-hybridized carbons (Fsp3) is 0.312. The highest BCUT2D eigenvalue weighted by Crippen LogP contribution is 2.24. The first-order valence-electron chi connectivity index (χ1n) is 7.24. The Labute approximate surface area is 128 Å². The maximum absolute atomic E-state index is 12.3. The van der Waals surface area contributed by atoms with E-state index in [0.29, 0.717) is 5.56 Å². The van der Waals surface area contributed by atoms with Gasteiger partial charge in [0.05, 0.1) is 12.3 Å². The van der Waals surface area contributed by atoms with Gasteiger partial charge in [-0.3, -0.25) is 4.79 Å². The van der Waals surface area contributed by atoms with Gasteiger partial charge in [-0.05, 0) is 49.9 Å². The highest BCUT2D eigenvalue weighted by molar-refractivity contribution is 5.97. The van der Waals surface area contributed by atoms with Gasteiger partial charge in [0.2, 0.25) is 0 Å². The summed E-state index contributed by atoms with van der Waals surface area (Å²) in [5, 5.41) is 12.7. The van der Waals surface area contributed by atoms with Crippen LogP contribution in [-0.2, 0) is 0 Å². The van der Waals surface area contributed by atoms with Crippen LogP contribution in [0.15, 0.2) is 30.5 Å². The Hall–Kier alpha value is -2.81. The van der Waals surface area contributed by atoms with Crippen molar-refractivity contribution in [1.82, 2.24) is 9.78 Å². The Morgan fingerprint density at radius 3 is 2.59 bits per heavy atom. The molecule has 6 heteroatoms. The topological polar surface area (TPSA) is 93.9 Å². The molecule has 1 heterocycles. The molecule has 1 aromatic heterocycles. The maximum atomic E-state index is 12.3. The third kappa shape index (κ3) is 2.66. The lowest BCUT2D eigenvalue weighted by molar-refractivity contribution is 0.0948. The molecule has 22 heavy (non-hydrogen) atoms. The maximum Gasteiger partial charge on any atom is 0.280 e. The van der Waals surface area contributed by atoms with E-state index < -0.39 is 0 Å². The zero-order valence-corrected chi connectivity index (χ0v) is 12.0. The van der Waals surface area contributed by atoms with E-state index in [9.17, 15) is 4.79 Å². The number of anilines is 1. The van der Waals surface area contributed by atoms with Crippen LogP contribution < -0.4 is 10.5 Å². The first-order chi connectivity index (χ1) is 10.7. The Morgan fingerprint density at radius 1 is 1.32 bits per heavy atom. The number of nitrogen functional groups attached to an aromatic ring is 1. The van der Waals surface area contributed by atoms with E-state index >= 15 is 0 Å². The largest absolute Gasteiger partial charge is 0.490 e. The van der Waals surface area contributed by atoms with Gasteiger partial charge in [0.15, 0.2) is 0 Å². The van der Waals surface area contributed by atoms with Gasteiger partial charge in [0.25, 0.3) is 5.91 Å². The van der Waals surface area contributed by atoms with Crippen molar-refractivity contribution in [1.29, 1.82) is 5.26 Å². The predicted molar refractivity (Wildman–Crippen MR) is 80.4 cm³/mol. The number of rotatable bonds is 3. The van der Waals surface area contributed by atoms with Gasteiger partial charge < -0.3 is 10.5 Å². The van der Waals surface area contributed by atoms with E-state index in [0.717, 1.165) is 23.3 Å². The second-order valence-electron chi connectivity index (χ2n) is 5.32. The molecule has 1 aliphatic carbocycles. The molecule has 112 valence electrons. The summed E-state index contributed by atoms with van der Waals surface area (Å²) in [5.74, 6) is 0.444. The fourth-order valence-corrected chi connectivity index (χ4v) is 2.60. The summed E-state index contributed by atoms with van der Waals surface area (Å²) < 4.78 is 6.89. The second kappa shape index (κ2) is 5.90. The average Bonchev–Trinajstić information content (AvgIpc) is 3.17. The van der Waals surface area contributed by atoms with E-state index in [1.54, 1.807) is 24.3 Å². The van der Waals surface area contributed by atoms with Crippen molar-refractivity contribution < 1.29 is 9.53 Å². The third-order valence-electron chi connectivity index (χ3n) is 3.83. The quantitative estimate of drug-likeness (QED) is 0.938. The van der Waals surface area contributed by atoms with Crippen molar-refractivity contribution in [2.24, 2.45) is 0 Å². The normalized spacial score (nSPS) is 14.7. The Morgan fingerprint density at radius 2 is 2.00 bits per heavy atom. The molecule has 1 aliphatic rings. The highest BCUT2D eigenvalue weighted by atomic mass is 16.5. The van der Waals surface area contributed by atoms with Crippen LogP contribution in [0.25, 0.3) is 0 Å². The van der Waals surface area contributed by atoms with Crippen LogP contribution in [0, 0.1) is 11.3 Å². The molecule has 0 unspecified atom stereocenters. The van der Waals surface area contributed by atoms with Crippen LogP contribution in [0.4, 0.5) is 5.82 Å². The van der Waals surface area contributed by atoms with Crippen molar-refractivity contribution in [3.05, 3.63) is 41.6 Å². The number of hydrogen-bond acceptors (Lipinski definition) is 5. The number of hydrogen-bond donors (Lipinski definition) is 1. The molecule has 0 spiro atoms. The molecular weight excluding hydrogens is 280 g/mol. The molecule has 0 atom stereocenters. The van der Waals surface area contributed by atoms with Gasteiger partial charge in [-0.1, -0.05) is 0 Å². The van der Waals surface area contributed by atoms with Crippen molar-refractivity contribution >= 4 is 11.7 Å². The van der Waals surface area contributed by atoms with Gasteiger partial charge in [-0.2, -0.15) is 15.0 Å². The molecule has 0 saturated heterocycles. The summed E-state index contributed by atoms with van der Waals surface area (Å²) in [6.45, 7) is 0. The molecule has 3 rings (SSSR count). The van der Waals surface area contributed by atoms with Crippen molar-refractivity contribution in [2.45, 2.75) is 31.8 Å². The lowest BCUT2D eigenvalue weighted by Crippen LogP contribution is -2.16. The molecule has 0 aliphatic heterocycles. The Balaban J connectivity index is 1.75. The number of nitrogens with two attached hydrogens (primary N) is 1. The predicted octanol–water partition coefficient (Wildman–Crippen LogP) is 2.35. The summed E-state index contributed by atoms with van der Waals surface area (Å²) in [7, 11) is 0. The highest BCUT2D eigenvalue weighted by Gasteiger charge is 2.18. The van der Waals surface area contributed by atoms with Gasteiger partial charge in [-0.15, -0.1) is 0 Å². The van der Waals surface area contributed by atoms with Crippen molar-refractivity contribution in [2.75, 3.05) is 5.73 Å². The Bertz CT molecular complexity index is 722. The lowest BCUT2D eigenvalue weighted by atomic mass is 10.2. The molecule has 0 amide bonds. The van der Waals surface area contributed by atoms with Crippen LogP contribution in [0.2, 0.25) is 0 Å².